The van der Waals surface area contributed by atoms with Gasteiger partial charge in [-0.3, -0.25) is 0 Å². The van der Waals surface area contributed by atoms with Gasteiger partial charge in [-0.15, -0.1) is 0 Å². The summed E-state index contributed by atoms with van der Waals surface area (Å²) in [5.74, 6) is 1.62. The summed E-state index contributed by atoms with van der Waals surface area (Å²) in [4.78, 5) is 16.3. The number of piperidine rings is 2. The van der Waals surface area contributed by atoms with Crippen molar-refractivity contribution >= 4 is 6.09 Å². The first-order valence-electron chi connectivity index (χ1n) is 10.5. The Morgan fingerprint density at radius 2 is 1.67 bits per heavy atom. The third-order valence-electron chi connectivity index (χ3n) is 5.73. The third-order valence-corrected chi connectivity index (χ3v) is 5.73. The van der Waals surface area contributed by atoms with Crippen molar-refractivity contribution in [2.75, 3.05) is 32.7 Å². The molecule has 2 fully saturated rings. The van der Waals surface area contributed by atoms with Gasteiger partial charge in [0, 0.05) is 25.9 Å². The molecular weight excluding hydrogens is 340 g/mol. The molecule has 2 saturated heterocycles. The first-order valence-corrected chi connectivity index (χ1v) is 10.5. The van der Waals surface area contributed by atoms with Gasteiger partial charge in [-0.2, -0.15) is 0 Å². The highest BCUT2D eigenvalue weighted by atomic mass is 16.6. The lowest BCUT2D eigenvalue weighted by Gasteiger charge is -2.32. The maximum absolute atomic E-state index is 12.0. The smallest absolute Gasteiger partial charge is 0.410 e. The zero-order valence-electron chi connectivity index (χ0n) is 17.0. The van der Waals surface area contributed by atoms with Gasteiger partial charge in [0.05, 0.1) is 6.10 Å². The Balaban J connectivity index is 1.45. The highest BCUT2D eigenvalue weighted by Gasteiger charge is 2.25. The molecule has 0 unspecified atom stereocenters. The Kier molecular flexibility index (Phi) is 7.00. The molecule has 0 spiro atoms. The van der Waals surface area contributed by atoms with E-state index in [1.807, 2.05) is 13.8 Å². The number of rotatable bonds is 5. The number of hydrogen-bond acceptors (Lipinski definition) is 4. The topological polar surface area (TPSA) is 42.0 Å². The fourth-order valence-corrected chi connectivity index (χ4v) is 4.03. The Hall–Kier alpha value is -1.75. The van der Waals surface area contributed by atoms with Crippen molar-refractivity contribution in [1.29, 1.82) is 0 Å². The molecule has 1 amide bonds. The highest BCUT2D eigenvalue weighted by molar-refractivity contribution is 5.67. The van der Waals surface area contributed by atoms with Gasteiger partial charge in [-0.25, -0.2) is 4.79 Å². The van der Waals surface area contributed by atoms with E-state index in [2.05, 4.69) is 36.1 Å². The quantitative estimate of drug-likeness (QED) is 0.772. The van der Waals surface area contributed by atoms with Crippen LogP contribution in [0.5, 0.6) is 5.75 Å². The standard InChI is InChI=1S/C22H34N2O3/c1-4-23-13-9-19(10-14-23)18-5-7-20(8-6-18)27-21-11-15-24(16-12-21)22(25)26-17(2)3/h5-8,17,19,21H,4,9-16H2,1-3H3. The molecule has 5 nitrogen and oxygen atoms in total. The molecule has 0 aliphatic carbocycles. The van der Waals surface area contributed by atoms with E-state index < -0.39 is 0 Å². The van der Waals surface area contributed by atoms with Crippen molar-refractivity contribution in [3.8, 4) is 5.75 Å². The first-order chi connectivity index (χ1) is 13.0. The molecule has 150 valence electrons. The first kappa shape index (κ1) is 20.0. The summed E-state index contributed by atoms with van der Waals surface area (Å²) in [5, 5.41) is 0. The van der Waals surface area contributed by atoms with Crippen molar-refractivity contribution in [1.82, 2.24) is 9.80 Å². The molecule has 2 aliphatic heterocycles. The summed E-state index contributed by atoms with van der Waals surface area (Å²) in [7, 11) is 0. The van der Waals surface area contributed by atoms with Crippen LogP contribution in [0.15, 0.2) is 24.3 Å². The molecule has 2 heterocycles. The number of benzene rings is 1. The summed E-state index contributed by atoms with van der Waals surface area (Å²) < 4.78 is 11.4. The van der Waals surface area contributed by atoms with Gasteiger partial charge in [0.2, 0.25) is 0 Å². The van der Waals surface area contributed by atoms with Gasteiger partial charge in [0.25, 0.3) is 0 Å². The predicted molar refractivity (Wildman–Crippen MR) is 107 cm³/mol. The van der Waals surface area contributed by atoms with Crippen LogP contribution in [0.25, 0.3) is 0 Å². The van der Waals surface area contributed by atoms with Crippen LogP contribution >= 0.6 is 0 Å². The average molecular weight is 375 g/mol. The van der Waals surface area contributed by atoms with Crippen LogP contribution in [-0.4, -0.2) is 60.8 Å². The van der Waals surface area contributed by atoms with Crippen molar-refractivity contribution < 1.29 is 14.3 Å². The van der Waals surface area contributed by atoms with Crippen molar-refractivity contribution in [2.45, 2.75) is 64.6 Å². The van der Waals surface area contributed by atoms with Crippen molar-refractivity contribution in [3.05, 3.63) is 29.8 Å². The van der Waals surface area contributed by atoms with Crippen LogP contribution in [0.3, 0.4) is 0 Å². The maximum Gasteiger partial charge on any atom is 0.410 e. The van der Waals surface area contributed by atoms with Gasteiger partial charge >= 0.3 is 6.09 Å². The molecule has 1 aromatic rings. The monoisotopic (exact) mass is 374 g/mol. The Labute approximate surface area is 163 Å². The van der Waals surface area contributed by atoms with Gasteiger partial charge in [0.15, 0.2) is 0 Å². The second-order valence-corrected chi connectivity index (χ2v) is 8.01. The summed E-state index contributed by atoms with van der Waals surface area (Å²) in [6.07, 6.45) is 4.10. The minimum Gasteiger partial charge on any atom is -0.490 e. The van der Waals surface area contributed by atoms with E-state index in [4.69, 9.17) is 9.47 Å². The second kappa shape index (κ2) is 9.45. The lowest BCUT2D eigenvalue weighted by molar-refractivity contribution is 0.0517. The van der Waals surface area contributed by atoms with Gasteiger partial charge < -0.3 is 19.3 Å². The Morgan fingerprint density at radius 3 is 2.22 bits per heavy atom. The molecule has 0 N–H and O–H groups in total. The van der Waals surface area contributed by atoms with E-state index in [-0.39, 0.29) is 18.3 Å². The maximum atomic E-state index is 12.0. The number of amides is 1. The number of nitrogens with zero attached hydrogens (tertiary/aromatic N) is 2. The fraction of sp³-hybridized carbons (Fsp3) is 0.682. The van der Waals surface area contributed by atoms with E-state index in [0.29, 0.717) is 19.0 Å². The number of carbonyl (C=O) groups excluding carboxylic acids is 1. The van der Waals surface area contributed by atoms with Crippen LogP contribution in [0.2, 0.25) is 0 Å². The molecule has 0 atom stereocenters. The SMILES string of the molecule is CCN1CCC(c2ccc(OC3CCN(C(=O)OC(C)C)CC3)cc2)CC1. The lowest BCUT2D eigenvalue weighted by atomic mass is 9.89. The lowest BCUT2D eigenvalue weighted by Crippen LogP contribution is -2.42. The van der Waals surface area contributed by atoms with Gasteiger partial charge in [-0.05, 0) is 69.9 Å². The number of hydrogen-bond donors (Lipinski definition) is 0. The second-order valence-electron chi connectivity index (χ2n) is 8.01. The fourth-order valence-electron chi connectivity index (χ4n) is 4.03. The van der Waals surface area contributed by atoms with Crippen LogP contribution in [-0.2, 0) is 4.74 Å². The Morgan fingerprint density at radius 1 is 1.04 bits per heavy atom. The minimum absolute atomic E-state index is 0.0702. The van der Waals surface area contributed by atoms with Crippen molar-refractivity contribution in [3.63, 3.8) is 0 Å². The molecule has 5 heteroatoms. The highest BCUT2D eigenvalue weighted by Crippen LogP contribution is 2.29. The van der Waals surface area contributed by atoms with Crippen LogP contribution in [0, 0.1) is 0 Å². The normalized spacial score (nSPS) is 20.1. The van der Waals surface area contributed by atoms with Crippen LogP contribution < -0.4 is 4.74 Å². The van der Waals surface area contributed by atoms with Crippen molar-refractivity contribution in [2.24, 2.45) is 0 Å². The molecule has 2 aliphatic rings. The van der Waals surface area contributed by atoms with Crippen LogP contribution in [0.4, 0.5) is 4.79 Å². The zero-order valence-corrected chi connectivity index (χ0v) is 17.0. The summed E-state index contributed by atoms with van der Waals surface area (Å²) in [6, 6.07) is 8.69. The zero-order chi connectivity index (χ0) is 19.2. The predicted octanol–water partition coefficient (Wildman–Crippen LogP) is 4.27. The van der Waals surface area contributed by atoms with Gasteiger partial charge in [-0.1, -0.05) is 19.1 Å². The average Bonchev–Trinajstić information content (AvgIpc) is 2.69. The minimum atomic E-state index is -0.207. The molecule has 27 heavy (non-hydrogen) atoms. The third kappa shape index (κ3) is 5.61. The number of carbonyl (C=O) groups is 1. The summed E-state index contributed by atoms with van der Waals surface area (Å²) in [5.41, 5.74) is 1.43. The summed E-state index contributed by atoms with van der Waals surface area (Å²) in [6.45, 7) is 11.0. The molecule has 0 radical (unpaired) electrons. The van der Waals surface area contributed by atoms with E-state index >= 15 is 0 Å². The molecule has 1 aromatic carbocycles. The molecule has 0 bridgehead atoms. The largest absolute Gasteiger partial charge is 0.490 e. The Bertz CT molecular complexity index is 586. The number of likely N-dealkylation sites (tertiary alicyclic amines) is 2. The van der Waals surface area contributed by atoms with E-state index in [9.17, 15) is 4.79 Å². The number of ether oxygens (including phenoxy) is 2. The van der Waals surface area contributed by atoms with Gasteiger partial charge in [0.1, 0.15) is 11.9 Å². The molecule has 3 rings (SSSR count). The molecule has 0 aromatic heterocycles. The van der Waals surface area contributed by atoms with Crippen LogP contribution in [0.1, 0.15) is 57.9 Å². The summed E-state index contributed by atoms with van der Waals surface area (Å²) >= 11 is 0. The molecule has 0 saturated carbocycles. The molecular formula is C22H34N2O3. The van der Waals surface area contributed by atoms with E-state index in [1.165, 1.54) is 31.5 Å². The van der Waals surface area contributed by atoms with E-state index in [1.54, 1.807) is 4.90 Å². The van der Waals surface area contributed by atoms with E-state index in [0.717, 1.165) is 25.1 Å².